The van der Waals surface area contributed by atoms with Gasteiger partial charge in [0.15, 0.2) is 5.82 Å². The zero-order valence-electron chi connectivity index (χ0n) is 16.8. The number of rotatable bonds is 4. The van der Waals surface area contributed by atoms with E-state index in [0.717, 1.165) is 12.8 Å². The van der Waals surface area contributed by atoms with Crippen LogP contribution in [0.3, 0.4) is 0 Å². The van der Waals surface area contributed by atoms with E-state index in [4.69, 9.17) is 16.3 Å². The number of halogens is 2. The maximum Gasteiger partial charge on any atom is 0.223 e. The fourth-order valence-corrected chi connectivity index (χ4v) is 4.25. The quantitative estimate of drug-likeness (QED) is 0.650. The van der Waals surface area contributed by atoms with Crippen molar-refractivity contribution in [3.63, 3.8) is 0 Å². The Labute approximate surface area is 178 Å². The molecule has 158 valence electrons. The van der Waals surface area contributed by atoms with Crippen LogP contribution in [0.1, 0.15) is 39.2 Å². The SMILES string of the molecule is CC(C)n1cnc2c(F)cc(-c3nc(NC4CC5(CC5)OC[C@@H]4O)ncc3Cl)cc21. The molecular weight excluding hydrogens is 409 g/mol. The molecular formula is C21H23ClFN5O2. The van der Waals surface area contributed by atoms with Crippen LogP contribution in [0, 0.1) is 5.82 Å². The molecule has 2 aromatic heterocycles. The summed E-state index contributed by atoms with van der Waals surface area (Å²) in [7, 11) is 0. The van der Waals surface area contributed by atoms with Crippen molar-refractivity contribution in [1.29, 1.82) is 0 Å². The van der Waals surface area contributed by atoms with Gasteiger partial charge in [0, 0.05) is 11.6 Å². The standard InChI is InChI=1S/C21H23ClFN5O2/c1-11(2)28-10-25-19-14(23)5-12(6-16(19)28)18-13(22)8-24-20(27-18)26-15-7-21(3-4-21)30-9-17(15)29/h5-6,8,10-11,15,17,29H,3-4,7,9H2,1-2H3,(H,24,26,27)/t15?,17-/m0/s1. The minimum atomic E-state index is -0.645. The summed E-state index contributed by atoms with van der Waals surface area (Å²) in [4.78, 5) is 13.0. The number of ether oxygens (including phenoxy) is 1. The molecule has 1 saturated carbocycles. The summed E-state index contributed by atoms with van der Waals surface area (Å²) < 4.78 is 22.4. The molecule has 1 aromatic carbocycles. The van der Waals surface area contributed by atoms with Gasteiger partial charge in [0.25, 0.3) is 0 Å². The van der Waals surface area contributed by atoms with E-state index in [1.807, 2.05) is 24.5 Å². The van der Waals surface area contributed by atoms with Crippen molar-refractivity contribution >= 4 is 28.6 Å². The lowest BCUT2D eigenvalue weighted by molar-refractivity contribution is -0.0763. The zero-order valence-corrected chi connectivity index (χ0v) is 17.5. The number of benzene rings is 1. The second kappa shape index (κ2) is 7.14. The highest BCUT2D eigenvalue weighted by molar-refractivity contribution is 6.33. The smallest absolute Gasteiger partial charge is 0.223 e. The maximum absolute atomic E-state index is 14.7. The normalized spacial score (nSPS) is 22.7. The summed E-state index contributed by atoms with van der Waals surface area (Å²) in [5.74, 6) is -0.0874. The van der Waals surface area contributed by atoms with Gasteiger partial charge in [0.2, 0.25) is 5.95 Å². The summed E-state index contributed by atoms with van der Waals surface area (Å²) in [6, 6.07) is 3.15. The van der Waals surface area contributed by atoms with E-state index in [0.29, 0.717) is 46.3 Å². The third-order valence-electron chi connectivity index (χ3n) is 5.95. The van der Waals surface area contributed by atoms with Gasteiger partial charge >= 0.3 is 0 Å². The Morgan fingerprint density at radius 1 is 1.33 bits per heavy atom. The molecule has 2 aliphatic rings. The lowest BCUT2D eigenvalue weighted by atomic mass is 9.99. The molecule has 0 amide bonds. The Morgan fingerprint density at radius 3 is 2.87 bits per heavy atom. The first kappa shape index (κ1) is 19.7. The van der Waals surface area contributed by atoms with Crippen LogP contribution in [0.4, 0.5) is 10.3 Å². The fourth-order valence-electron chi connectivity index (χ4n) is 4.05. The number of nitrogens with zero attached hydrogens (tertiary/aromatic N) is 4. The minimum Gasteiger partial charge on any atom is -0.389 e. The number of hydrogen-bond donors (Lipinski definition) is 2. The second-order valence-electron chi connectivity index (χ2n) is 8.48. The van der Waals surface area contributed by atoms with Gasteiger partial charge in [-0.05, 0) is 45.2 Å². The van der Waals surface area contributed by atoms with Gasteiger partial charge in [-0.2, -0.15) is 0 Å². The number of nitrogens with one attached hydrogen (secondary N) is 1. The summed E-state index contributed by atoms with van der Waals surface area (Å²) in [5.41, 5.74) is 1.85. The fraction of sp³-hybridized carbons (Fsp3) is 0.476. The van der Waals surface area contributed by atoms with Gasteiger partial charge in [-0.25, -0.2) is 19.3 Å². The van der Waals surface area contributed by atoms with Crippen LogP contribution in [0.5, 0.6) is 0 Å². The van der Waals surface area contributed by atoms with Crippen LogP contribution in [0.15, 0.2) is 24.7 Å². The molecule has 2 N–H and O–H groups in total. The van der Waals surface area contributed by atoms with Crippen LogP contribution in [-0.2, 0) is 4.74 Å². The largest absolute Gasteiger partial charge is 0.389 e. The number of aliphatic hydroxyl groups excluding tert-OH is 1. The second-order valence-corrected chi connectivity index (χ2v) is 8.89. The summed E-state index contributed by atoms with van der Waals surface area (Å²) in [6.07, 6.45) is 5.20. The lowest BCUT2D eigenvalue weighted by Crippen LogP contribution is -2.46. The molecule has 9 heteroatoms. The highest BCUT2D eigenvalue weighted by atomic mass is 35.5. The summed E-state index contributed by atoms with van der Waals surface area (Å²) in [5, 5.41) is 13.9. The summed E-state index contributed by atoms with van der Waals surface area (Å²) >= 11 is 6.37. The molecule has 1 aliphatic heterocycles. The molecule has 3 heterocycles. The molecule has 7 nitrogen and oxygen atoms in total. The van der Waals surface area contributed by atoms with Gasteiger partial charge < -0.3 is 19.7 Å². The molecule has 1 spiro atoms. The maximum atomic E-state index is 14.7. The third kappa shape index (κ3) is 3.42. The van der Waals surface area contributed by atoms with E-state index in [2.05, 4.69) is 20.3 Å². The molecule has 0 radical (unpaired) electrons. The van der Waals surface area contributed by atoms with E-state index in [-0.39, 0.29) is 17.7 Å². The van der Waals surface area contributed by atoms with Crippen molar-refractivity contribution in [2.45, 2.75) is 56.9 Å². The topological polar surface area (TPSA) is 85.1 Å². The Bertz CT molecular complexity index is 1110. The first-order valence-corrected chi connectivity index (χ1v) is 10.5. The average molecular weight is 432 g/mol. The first-order chi connectivity index (χ1) is 14.3. The van der Waals surface area contributed by atoms with E-state index in [9.17, 15) is 9.50 Å². The Kier molecular flexibility index (Phi) is 4.68. The monoisotopic (exact) mass is 431 g/mol. The molecule has 1 unspecified atom stereocenters. The average Bonchev–Trinajstić information content (AvgIpc) is 3.31. The Balaban J connectivity index is 1.50. The van der Waals surface area contributed by atoms with Crippen molar-refractivity contribution in [2.75, 3.05) is 11.9 Å². The van der Waals surface area contributed by atoms with E-state index < -0.39 is 11.9 Å². The van der Waals surface area contributed by atoms with Crippen molar-refractivity contribution in [1.82, 2.24) is 19.5 Å². The molecule has 1 aliphatic carbocycles. The number of fused-ring (bicyclic) bond motifs is 1. The lowest BCUT2D eigenvalue weighted by Gasteiger charge is -2.34. The van der Waals surface area contributed by atoms with E-state index >= 15 is 0 Å². The van der Waals surface area contributed by atoms with Crippen LogP contribution in [0.25, 0.3) is 22.3 Å². The third-order valence-corrected chi connectivity index (χ3v) is 6.22. The predicted molar refractivity (Wildman–Crippen MR) is 112 cm³/mol. The van der Waals surface area contributed by atoms with Gasteiger partial charge in [-0.3, -0.25) is 0 Å². The number of anilines is 1. The van der Waals surface area contributed by atoms with Gasteiger partial charge in [-0.15, -0.1) is 0 Å². The molecule has 0 bridgehead atoms. The molecule has 2 fully saturated rings. The molecule has 5 rings (SSSR count). The van der Waals surface area contributed by atoms with Crippen LogP contribution < -0.4 is 5.32 Å². The predicted octanol–water partition coefficient (Wildman–Crippen LogP) is 3.96. The first-order valence-electron chi connectivity index (χ1n) is 10.1. The van der Waals surface area contributed by atoms with Crippen LogP contribution in [0.2, 0.25) is 5.02 Å². The molecule has 3 aromatic rings. The van der Waals surface area contributed by atoms with Gasteiger partial charge in [-0.1, -0.05) is 11.6 Å². The number of aromatic nitrogens is 4. The minimum absolute atomic E-state index is 0.116. The van der Waals surface area contributed by atoms with Crippen molar-refractivity contribution in [2.24, 2.45) is 0 Å². The molecule has 1 saturated heterocycles. The van der Waals surface area contributed by atoms with E-state index in [1.165, 1.54) is 12.3 Å². The van der Waals surface area contributed by atoms with Crippen LogP contribution in [-0.4, -0.2) is 49.0 Å². The van der Waals surface area contributed by atoms with Crippen molar-refractivity contribution in [3.8, 4) is 11.3 Å². The molecule has 30 heavy (non-hydrogen) atoms. The highest BCUT2D eigenvalue weighted by Gasteiger charge is 2.50. The van der Waals surface area contributed by atoms with Gasteiger partial charge in [0.1, 0.15) is 5.52 Å². The highest BCUT2D eigenvalue weighted by Crippen LogP contribution is 2.46. The van der Waals surface area contributed by atoms with Crippen molar-refractivity contribution in [3.05, 3.63) is 35.5 Å². The van der Waals surface area contributed by atoms with Gasteiger partial charge in [0.05, 0.1) is 53.1 Å². The number of hydrogen-bond acceptors (Lipinski definition) is 6. The number of imidazole rings is 1. The Hall–Kier alpha value is -2.29. The van der Waals surface area contributed by atoms with Crippen LogP contribution >= 0.6 is 11.6 Å². The summed E-state index contributed by atoms with van der Waals surface area (Å²) in [6.45, 7) is 4.31. The molecule has 2 atom stereocenters. The van der Waals surface area contributed by atoms with Crippen molar-refractivity contribution < 1.29 is 14.2 Å². The Morgan fingerprint density at radius 2 is 2.13 bits per heavy atom. The zero-order chi connectivity index (χ0) is 21.0. The van der Waals surface area contributed by atoms with E-state index in [1.54, 1.807) is 6.33 Å². The number of aliphatic hydroxyl groups is 1.